The number of hydrogen-bond acceptors (Lipinski definition) is 3. The maximum Gasteiger partial charge on any atom is 0.321 e. The van der Waals surface area contributed by atoms with Gasteiger partial charge in [0.05, 0.1) is 17.8 Å². The van der Waals surface area contributed by atoms with Crippen molar-refractivity contribution in [1.29, 1.82) is 0 Å². The second kappa shape index (κ2) is 6.36. The molecule has 2 aromatic heterocycles. The van der Waals surface area contributed by atoms with Crippen LogP contribution in [0.2, 0.25) is 0 Å². The Hall–Kier alpha value is -2.08. The fraction of sp³-hybridized carbons (Fsp3) is 0.500. The Morgan fingerprint density at radius 3 is 2.86 bits per heavy atom. The molecule has 0 fully saturated rings. The van der Waals surface area contributed by atoms with Crippen LogP contribution in [0.4, 0.5) is 10.5 Å². The first-order valence-corrected chi connectivity index (χ1v) is 7.52. The van der Waals surface area contributed by atoms with E-state index < -0.39 is 5.60 Å². The summed E-state index contributed by atoms with van der Waals surface area (Å²) in [6.07, 6.45) is 4.63. The van der Waals surface area contributed by atoms with Crippen molar-refractivity contribution in [3.63, 3.8) is 0 Å². The van der Waals surface area contributed by atoms with E-state index in [0.717, 1.165) is 17.8 Å². The highest BCUT2D eigenvalue weighted by Gasteiger charge is 2.22. The zero-order chi connectivity index (χ0) is 16.3. The number of hydrogen-bond donors (Lipinski definition) is 2. The Morgan fingerprint density at radius 1 is 1.50 bits per heavy atom. The van der Waals surface area contributed by atoms with E-state index in [9.17, 15) is 9.90 Å². The summed E-state index contributed by atoms with van der Waals surface area (Å²) in [4.78, 5) is 18.4. The lowest BCUT2D eigenvalue weighted by Crippen LogP contribution is -2.44. The van der Waals surface area contributed by atoms with Crippen LogP contribution in [-0.4, -0.2) is 44.1 Å². The standard InChI is InChI=1S/C16H24N4O2/c1-5-7-20(11-16(3,4)22)15(21)18-13-6-8-19-10-12(2)17-14(19)9-13/h6,8-10,22H,5,7,11H2,1-4H3,(H,18,21). The maximum absolute atomic E-state index is 12.4. The topological polar surface area (TPSA) is 69.9 Å². The third-order valence-electron chi connectivity index (χ3n) is 3.19. The lowest BCUT2D eigenvalue weighted by Gasteiger charge is -2.29. The van der Waals surface area contributed by atoms with Crippen LogP contribution in [0.5, 0.6) is 0 Å². The number of nitrogens with one attached hydrogen (secondary N) is 1. The largest absolute Gasteiger partial charge is 0.389 e. The van der Waals surface area contributed by atoms with Gasteiger partial charge in [0.2, 0.25) is 0 Å². The Labute approximate surface area is 130 Å². The first kappa shape index (κ1) is 16.3. The van der Waals surface area contributed by atoms with Crippen LogP contribution in [0.15, 0.2) is 24.5 Å². The van der Waals surface area contributed by atoms with Crippen LogP contribution >= 0.6 is 0 Å². The molecule has 0 spiro atoms. The van der Waals surface area contributed by atoms with Crippen molar-refractivity contribution in [2.75, 3.05) is 18.4 Å². The normalized spacial score (nSPS) is 11.7. The Kier molecular flexibility index (Phi) is 4.71. The molecule has 120 valence electrons. The van der Waals surface area contributed by atoms with Gasteiger partial charge in [0, 0.05) is 30.7 Å². The summed E-state index contributed by atoms with van der Waals surface area (Å²) in [5, 5.41) is 12.8. The molecule has 2 aromatic rings. The summed E-state index contributed by atoms with van der Waals surface area (Å²) in [7, 11) is 0. The van der Waals surface area contributed by atoms with Gasteiger partial charge in [0.1, 0.15) is 5.65 Å². The SMILES string of the molecule is CCCN(CC(C)(C)O)C(=O)Nc1ccn2cc(C)nc2c1. The van der Waals surface area contributed by atoms with Crippen molar-refractivity contribution in [3.8, 4) is 0 Å². The number of nitrogens with zero attached hydrogens (tertiary/aromatic N) is 3. The lowest BCUT2D eigenvalue weighted by molar-refractivity contribution is 0.0488. The molecule has 2 amide bonds. The number of aryl methyl sites for hydroxylation is 1. The summed E-state index contributed by atoms with van der Waals surface area (Å²) in [5.74, 6) is 0. The van der Waals surface area contributed by atoms with Gasteiger partial charge in [-0.15, -0.1) is 0 Å². The molecule has 0 aliphatic heterocycles. The summed E-state index contributed by atoms with van der Waals surface area (Å²) in [6.45, 7) is 8.21. The number of imidazole rings is 1. The van der Waals surface area contributed by atoms with E-state index in [-0.39, 0.29) is 12.6 Å². The van der Waals surface area contributed by atoms with E-state index in [0.29, 0.717) is 12.2 Å². The number of rotatable bonds is 5. The quantitative estimate of drug-likeness (QED) is 0.892. The molecule has 0 unspecified atom stereocenters. The van der Waals surface area contributed by atoms with E-state index in [1.165, 1.54) is 0 Å². The highest BCUT2D eigenvalue weighted by atomic mass is 16.3. The molecule has 6 nitrogen and oxygen atoms in total. The third kappa shape index (κ3) is 4.21. The van der Waals surface area contributed by atoms with Crippen LogP contribution < -0.4 is 5.32 Å². The highest BCUT2D eigenvalue weighted by molar-refractivity contribution is 5.89. The average Bonchev–Trinajstić information content (AvgIpc) is 2.76. The first-order chi connectivity index (χ1) is 10.3. The van der Waals surface area contributed by atoms with E-state index in [2.05, 4.69) is 10.3 Å². The number of pyridine rings is 1. The molecule has 0 aliphatic carbocycles. The average molecular weight is 304 g/mol. The van der Waals surface area contributed by atoms with Crippen molar-refractivity contribution in [3.05, 3.63) is 30.2 Å². The molecule has 22 heavy (non-hydrogen) atoms. The van der Waals surface area contributed by atoms with Gasteiger partial charge in [-0.05, 0) is 33.3 Å². The van der Waals surface area contributed by atoms with Crippen molar-refractivity contribution in [1.82, 2.24) is 14.3 Å². The number of carbonyl (C=O) groups is 1. The fourth-order valence-corrected chi connectivity index (χ4v) is 2.38. The summed E-state index contributed by atoms with van der Waals surface area (Å²) < 4.78 is 1.91. The molecule has 0 aromatic carbocycles. The number of urea groups is 1. The zero-order valence-corrected chi connectivity index (χ0v) is 13.6. The maximum atomic E-state index is 12.4. The lowest BCUT2D eigenvalue weighted by atomic mass is 10.1. The van der Waals surface area contributed by atoms with Crippen molar-refractivity contribution < 1.29 is 9.90 Å². The van der Waals surface area contributed by atoms with Gasteiger partial charge in [0.25, 0.3) is 0 Å². The van der Waals surface area contributed by atoms with Crippen LogP contribution in [0.25, 0.3) is 5.65 Å². The summed E-state index contributed by atoms with van der Waals surface area (Å²) in [6, 6.07) is 3.45. The number of aliphatic hydroxyl groups is 1. The highest BCUT2D eigenvalue weighted by Crippen LogP contribution is 2.14. The molecule has 2 rings (SSSR count). The molecule has 0 atom stereocenters. The Bertz CT molecular complexity index is 658. The number of carbonyl (C=O) groups excluding carboxylic acids is 1. The zero-order valence-electron chi connectivity index (χ0n) is 13.6. The van der Waals surface area contributed by atoms with Gasteiger partial charge in [-0.3, -0.25) is 0 Å². The molecule has 0 bridgehead atoms. The van der Waals surface area contributed by atoms with Gasteiger partial charge in [-0.2, -0.15) is 0 Å². The van der Waals surface area contributed by atoms with Crippen LogP contribution in [0.1, 0.15) is 32.9 Å². The minimum absolute atomic E-state index is 0.211. The van der Waals surface area contributed by atoms with Gasteiger partial charge >= 0.3 is 6.03 Å². The Balaban J connectivity index is 2.12. The smallest absolute Gasteiger partial charge is 0.321 e. The molecular weight excluding hydrogens is 280 g/mol. The molecule has 0 saturated heterocycles. The minimum Gasteiger partial charge on any atom is -0.389 e. The van der Waals surface area contributed by atoms with Crippen LogP contribution in [-0.2, 0) is 0 Å². The van der Waals surface area contributed by atoms with Gasteiger partial charge < -0.3 is 19.7 Å². The molecular formula is C16H24N4O2. The molecule has 0 saturated carbocycles. The van der Waals surface area contributed by atoms with Crippen molar-refractivity contribution in [2.45, 2.75) is 39.7 Å². The molecule has 2 heterocycles. The third-order valence-corrected chi connectivity index (χ3v) is 3.19. The number of anilines is 1. The van der Waals surface area contributed by atoms with E-state index in [1.54, 1.807) is 18.7 Å². The predicted molar refractivity (Wildman–Crippen MR) is 87.1 cm³/mol. The molecule has 0 aliphatic rings. The monoisotopic (exact) mass is 304 g/mol. The van der Waals surface area contributed by atoms with Crippen molar-refractivity contribution >= 4 is 17.4 Å². The van der Waals surface area contributed by atoms with E-state index >= 15 is 0 Å². The summed E-state index contributed by atoms with van der Waals surface area (Å²) in [5.41, 5.74) is 1.49. The second-order valence-corrected chi connectivity index (χ2v) is 6.23. The number of fused-ring (bicyclic) bond motifs is 1. The second-order valence-electron chi connectivity index (χ2n) is 6.23. The molecule has 6 heteroatoms. The molecule has 0 radical (unpaired) electrons. The van der Waals surface area contributed by atoms with Gasteiger partial charge in [0.15, 0.2) is 0 Å². The van der Waals surface area contributed by atoms with Crippen molar-refractivity contribution in [2.24, 2.45) is 0 Å². The Morgan fingerprint density at radius 2 is 2.23 bits per heavy atom. The first-order valence-electron chi connectivity index (χ1n) is 7.52. The summed E-state index contributed by atoms with van der Waals surface area (Å²) >= 11 is 0. The predicted octanol–water partition coefficient (Wildman–Crippen LogP) is 2.66. The van der Waals surface area contributed by atoms with E-state index in [4.69, 9.17) is 0 Å². The number of aromatic nitrogens is 2. The van der Waals surface area contributed by atoms with Gasteiger partial charge in [-0.25, -0.2) is 9.78 Å². The van der Waals surface area contributed by atoms with Gasteiger partial charge in [-0.1, -0.05) is 6.92 Å². The van der Waals surface area contributed by atoms with E-state index in [1.807, 2.05) is 42.8 Å². The minimum atomic E-state index is -0.920. The fourth-order valence-electron chi connectivity index (χ4n) is 2.38. The van der Waals surface area contributed by atoms with Crippen LogP contribution in [0.3, 0.4) is 0 Å². The van der Waals surface area contributed by atoms with Crippen LogP contribution in [0, 0.1) is 6.92 Å². The molecule has 2 N–H and O–H groups in total. The number of amides is 2.